The Bertz CT molecular complexity index is 356. The zero-order valence-electron chi connectivity index (χ0n) is 7.32. The van der Waals surface area contributed by atoms with E-state index in [1.807, 2.05) is 0 Å². The molecule has 0 heterocycles. The normalized spacial score (nSPS) is 10.5. The molecule has 3 nitrogen and oxygen atoms in total. The maximum atomic E-state index is 11.3. The summed E-state index contributed by atoms with van der Waals surface area (Å²) in [6.07, 6.45) is 3.11. The van der Waals surface area contributed by atoms with Crippen LogP contribution in [0.25, 0.3) is 0 Å². The Morgan fingerprint density at radius 3 is 2.77 bits per heavy atom. The molecule has 0 radical (unpaired) electrons. The Kier molecular flexibility index (Phi) is 2.69. The van der Waals surface area contributed by atoms with E-state index >= 15 is 0 Å². The molecule has 3 N–H and O–H groups in total. The van der Waals surface area contributed by atoms with Crippen molar-refractivity contribution in [2.24, 2.45) is 0 Å². The van der Waals surface area contributed by atoms with Crippen molar-refractivity contribution < 1.29 is 9.90 Å². The highest BCUT2D eigenvalue weighted by Gasteiger charge is 2.03. The fraction of sp³-hybridized carbons (Fsp3) is 0.100. The van der Waals surface area contributed by atoms with E-state index in [0.717, 1.165) is 0 Å². The molecule has 0 aromatic heterocycles. The quantitative estimate of drug-likeness (QED) is 0.313. The molecule has 3 heteroatoms. The molecule has 0 aliphatic heterocycles. The zero-order chi connectivity index (χ0) is 9.84. The first kappa shape index (κ1) is 9.32. The van der Waals surface area contributed by atoms with Gasteiger partial charge in [-0.3, -0.25) is 4.79 Å². The van der Waals surface area contributed by atoms with Crippen LogP contribution >= 0.6 is 0 Å². The number of phenols is 1. The standard InChI is InChI=1S/C10H11NO2/c1-2-3-9(12)7-4-5-10(13)8(11)6-7/h2-6,13H,11H2,1H3. The molecule has 0 bridgehead atoms. The van der Waals surface area contributed by atoms with Gasteiger partial charge in [0.2, 0.25) is 0 Å². The van der Waals surface area contributed by atoms with E-state index in [1.165, 1.54) is 24.3 Å². The molecule has 0 atom stereocenters. The average molecular weight is 177 g/mol. The van der Waals surface area contributed by atoms with Gasteiger partial charge in [-0.05, 0) is 31.2 Å². The Morgan fingerprint density at radius 2 is 2.23 bits per heavy atom. The number of carbonyl (C=O) groups excluding carboxylic acids is 1. The number of nitrogen functional groups attached to an aromatic ring is 1. The molecule has 0 unspecified atom stereocenters. The fourth-order valence-corrected chi connectivity index (χ4v) is 0.955. The maximum Gasteiger partial charge on any atom is 0.185 e. The van der Waals surface area contributed by atoms with Crippen molar-refractivity contribution in [2.75, 3.05) is 5.73 Å². The first-order chi connectivity index (χ1) is 6.15. The Hall–Kier alpha value is -1.77. The minimum Gasteiger partial charge on any atom is -0.506 e. The molecule has 1 rings (SSSR count). The fourth-order valence-electron chi connectivity index (χ4n) is 0.955. The highest BCUT2D eigenvalue weighted by Crippen LogP contribution is 2.20. The molecule has 0 saturated heterocycles. The third kappa shape index (κ3) is 2.08. The Labute approximate surface area is 76.5 Å². The summed E-state index contributed by atoms with van der Waals surface area (Å²) in [4.78, 5) is 11.3. The molecule has 0 spiro atoms. The molecule has 1 aromatic rings. The van der Waals surface area contributed by atoms with Gasteiger partial charge in [0.15, 0.2) is 5.78 Å². The summed E-state index contributed by atoms with van der Waals surface area (Å²) in [5.41, 5.74) is 6.13. The number of allylic oxidation sites excluding steroid dienone is 2. The average Bonchev–Trinajstić information content (AvgIpc) is 2.10. The van der Waals surface area contributed by atoms with Crippen molar-refractivity contribution in [1.29, 1.82) is 0 Å². The van der Waals surface area contributed by atoms with Crippen LogP contribution in [0.15, 0.2) is 30.4 Å². The molecule has 1 aromatic carbocycles. The first-order valence-corrected chi connectivity index (χ1v) is 3.90. The van der Waals surface area contributed by atoms with Crippen molar-refractivity contribution in [1.82, 2.24) is 0 Å². The molecule has 0 aliphatic rings. The Morgan fingerprint density at radius 1 is 1.54 bits per heavy atom. The van der Waals surface area contributed by atoms with Crippen LogP contribution in [0, 0.1) is 0 Å². The topological polar surface area (TPSA) is 63.3 Å². The third-order valence-electron chi connectivity index (χ3n) is 1.63. The van der Waals surface area contributed by atoms with Gasteiger partial charge in [-0.25, -0.2) is 0 Å². The highest BCUT2D eigenvalue weighted by atomic mass is 16.3. The summed E-state index contributed by atoms with van der Waals surface area (Å²) < 4.78 is 0. The smallest absolute Gasteiger partial charge is 0.185 e. The number of ketones is 1. The van der Waals surface area contributed by atoms with E-state index in [9.17, 15) is 4.79 Å². The van der Waals surface area contributed by atoms with Gasteiger partial charge in [-0.1, -0.05) is 6.08 Å². The van der Waals surface area contributed by atoms with Crippen LogP contribution in [0.2, 0.25) is 0 Å². The van der Waals surface area contributed by atoms with E-state index in [0.29, 0.717) is 5.56 Å². The van der Waals surface area contributed by atoms with Crippen LogP contribution in [0.5, 0.6) is 5.75 Å². The number of aromatic hydroxyl groups is 1. The van der Waals surface area contributed by atoms with Gasteiger partial charge in [0, 0.05) is 5.56 Å². The molecule has 0 amide bonds. The first-order valence-electron chi connectivity index (χ1n) is 3.90. The van der Waals surface area contributed by atoms with Gasteiger partial charge in [-0.15, -0.1) is 0 Å². The Balaban J connectivity index is 3.04. The summed E-state index contributed by atoms with van der Waals surface area (Å²) in [6, 6.07) is 4.40. The number of benzene rings is 1. The van der Waals surface area contributed by atoms with E-state index in [1.54, 1.807) is 13.0 Å². The SMILES string of the molecule is CC=CC(=O)c1ccc(O)c(N)c1. The van der Waals surface area contributed by atoms with Gasteiger partial charge in [0.25, 0.3) is 0 Å². The molecule has 0 aliphatic carbocycles. The van der Waals surface area contributed by atoms with Crippen molar-refractivity contribution in [3.05, 3.63) is 35.9 Å². The number of rotatable bonds is 2. The number of hydrogen-bond donors (Lipinski definition) is 2. The second kappa shape index (κ2) is 3.76. The second-order valence-corrected chi connectivity index (χ2v) is 2.64. The minimum absolute atomic E-state index is 0.00275. The summed E-state index contributed by atoms with van der Waals surface area (Å²) in [5, 5.41) is 9.10. The molecule has 13 heavy (non-hydrogen) atoms. The number of anilines is 1. The van der Waals surface area contributed by atoms with E-state index in [-0.39, 0.29) is 17.2 Å². The van der Waals surface area contributed by atoms with Gasteiger partial charge in [-0.2, -0.15) is 0 Å². The summed E-state index contributed by atoms with van der Waals surface area (Å²) in [7, 11) is 0. The lowest BCUT2D eigenvalue weighted by Crippen LogP contribution is -1.96. The predicted octanol–water partition coefficient (Wildman–Crippen LogP) is 1.73. The molecule has 0 fully saturated rings. The monoisotopic (exact) mass is 177 g/mol. The van der Waals surface area contributed by atoms with Crippen LogP contribution in [0.4, 0.5) is 5.69 Å². The van der Waals surface area contributed by atoms with Crippen molar-refractivity contribution in [3.63, 3.8) is 0 Å². The lowest BCUT2D eigenvalue weighted by molar-refractivity contribution is 0.104. The number of hydrogen-bond acceptors (Lipinski definition) is 3. The third-order valence-corrected chi connectivity index (χ3v) is 1.63. The second-order valence-electron chi connectivity index (χ2n) is 2.64. The van der Waals surface area contributed by atoms with E-state index in [2.05, 4.69) is 0 Å². The number of carbonyl (C=O) groups is 1. The lowest BCUT2D eigenvalue weighted by Gasteiger charge is -2.00. The van der Waals surface area contributed by atoms with Crippen LogP contribution in [-0.2, 0) is 0 Å². The highest BCUT2D eigenvalue weighted by molar-refractivity contribution is 6.05. The minimum atomic E-state index is -0.116. The van der Waals surface area contributed by atoms with E-state index in [4.69, 9.17) is 10.8 Å². The number of phenolic OH excluding ortho intramolecular Hbond substituents is 1. The van der Waals surface area contributed by atoms with Crippen LogP contribution in [0.3, 0.4) is 0 Å². The largest absolute Gasteiger partial charge is 0.506 e. The molecule has 68 valence electrons. The number of nitrogens with two attached hydrogens (primary N) is 1. The maximum absolute atomic E-state index is 11.3. The van der Waals surface area contributed by atoms with Crippen LogP contribution in [0.1, 0.15) is 17.3 Å². The summed E-state index contributed by atoms with van der Waals surface area (Å²) >= 11 is 0. The van der Waals surface area contributed by atoms with Crippen molar-refractivity contribution in [3.8, 4) is 5.75 Å². The zero-order valence-corrected chi connectivity index (χ0v) is 7.32. The summed E-state index contributed by atoms with van der Waals surface area (Å²) in [5.74, 6) is -0.119. The predicted molar refractivity (Wildman–Crippen MR) is 51.7 cm³/mol. The van der Waals surface area contributed by atoms with E-state index < -0.39 is 0 Å². The van der Waals surface area contributed by atoms with Crippen molar-refractivity contribution in [2.45, 2.75) is 6.92 Å². The molecular weight excluding hydrogens is 166 g/mol. The van der Waals surface area contributed by atoms with Crippen LogP contribution < -0.4 is 5.73 Å². The van der Waals surface area contributed by atoms with Crippen molar-refractivity contribution >= 4 is 11.5 Å². The van der Waals surface area contributed by atoms with Gasteiger partial charge in [0.1, 0.15) is 5.75 Å². The molecule has 0 saturated carbocycles. The molecular formula is C10H11NO2. The van der Waals surface area contributed by atoms with Gasteiger partial charge < -0.3 is 10.8 Å². The van der Waals surface area contributed by atoms with Gasteiger partial charge >= 0.3 is 0 Å². The lowest BCUT2D eigenvalue weighted by atomic mass is 10.1. The van der Waals surface area contributed by atoms with Gasteiger partial charge in [0.05, 0.1) is 5.69 Å². The summed E-state index contributed by atoms with van der Waals surface area (Å²) in [6.45, 7) is 1.77. The van der Waals surface area contributed by atoms with Crippen LogP contribution in [-0.4, -0.2) is 10.9 Å².